The van der Waals surface area contributed by atoms with Crippen molar-refractivity contribution in [2.24, 2.45) is 0 Å². The molecule has 1 N–H and O–H groups in total. The van der Waals surface area contributed by atoms with Crippen LogP contribution in [0.25, 0.3) is 0 Å². The molecule has 0 radical (unpaired) electrons. The van der Waals surface area contributed by atoms with Gasteiger partial charge in [0.1, 0.15) is 0 Å². The van der Waals surface area contributed by atoms with E-state index in [9.17, 15) is 0 Å². The van der Waals surface area contributed by atoms with Gasteiger partial charge in [0.25, 0.3) is 0 Å². The highest BCUT2D eigenvalue weighted by Crippen LogP contribution is 2.26. The highest BCUT2D eigenvalue weighted by atomic mass is 79.9. The zero-order chi connectivity index (χ0) is 13.1. The number of benzene rings is 2. The van der Waals surface area contributed by atoms with Crippen molar-refractivity contribution in [2.45, 2.75) is 6.54 Å². The molecule has 0 aliphatic carbocycles. The topological polar surface area (TPSA) is 12.0 Å². The van der Waals surface area contributed by atoms with E-state index in [0.717, 1.165) is 15.7 Å². The van der Waals surface area contributed by atoms with Crippen molar-refractivity contribution in [3.63, 3.8) is 0 Å². The molecule has 18 heavy (non-hydrogen) atoms. The fourth-order valence-electron chi connectivity index (χ4n) is 1.46. The molecule has 0 heterocycles. The van der Waals surface area contributed by atoms with Crippen molar-refractivity contribution >= 4 is 56.4 Å². The van der Waals surface area contributed by atoms with Crippen LogP contribution in [0, 0.1) is 0 Å². The Kier molecular flexibility index (Phi) is 4.79. The summed E-state index contributed by atoms with van der Waals surface area (Å²) in [6, 6.07) is 11.3. The molecule has 0 unspecified atom stereocenters. The van der Waals surface area contributed by atoms with E-state index in [2.05, 4.69) is 21.2 Å². The zero-order valence-electron chi connectivity index (χ0n) is 9.18. The molecule has 1 nitrogen and oxygen atoms in total. The molecule has 0 spiro atoms. The standard InChI is InChI=1S/C13H9BrCl3N/c14-10-3-2-9(6-12(10)16)18-7-8-1-4-11(15)13(17)5-8/h1-6,18H,7H2. The van der Waals surface area contributed by atoms with Gasteiger partial charge in [-0.15, -0.1) is 0 Å². The second-order valence-electron chi connectivity index (χ2n) is 3.73. The number of rotatable bonds is 3. The van der Waals surface area contributed by atoms with Crippen molar-refractivity contribution in [1.82, 2.24) is 0 Å². The Bertz CT molecular complexity index is 521. The first-order valence-corrected chi connectivity index (χ1v) is 7.12. The van der Waals surface area contributed by atoms with Crippen LogP contribution in [0.1, 0.15) is 5.56 Å². The van der Waals surface area contributed by atoms with Gasteiger partial charge in [0.15, 0.2) is 0 Å². The highest BCUT2D eigenvalue weighted by molar-refractivity contribution is 9.10. The molecule has 0 aromatic heterocycles. The van der Waals surface area contributed by atoms with Gasteiger partial charge < -0.3 is 5.32 Å². The van der Waals surface area contributed by atoms with E-state index in [4.69, 9.17) is 34.8 Å². The second-order valence-corrected chi connectivity index (χ2v) is 5.81. The van der Waals surface area contributed by atoms with Crippen LogP contribution >= 0.6 is 50.7 Å². The SMILES string of the molecule is Clc1ccc(CNc2ccc(Br)c(Cl)c2)cc1Cl. The number of anilines is 1. The van der Waals surface area contributed by atoms with E-state index in [-0.39, 0.29) is 0 Å². The van der Waals surface area contributed by atoms with Crippen molar-refractivity contribution in [1.29, 1.82) is 0 Å². The lowest BCUT2D eigenvalue weighted by Gasteiger charge is -2.08. The van der Waals surface area contributed by atoms with E-state index in [1.807, 2.05) is 30.3 Å². The zero-order valence-corrected chi connectivity index (χ0v) is 13.0. The van der Waals surface area contributed by atoms with Gasteiger partial charge in [0.2, 0.25) is 0 Å². The van der Waals surface area contributed by atoms with Crippen LogP contribution in [0.15, 0.2) is 40.9 Å². The third kappa shape index (κ3) is 3.55. The Morgan fingerprint density at radius 1 is 0.889 bits per heavy atom. The minimum atomic E-state index is 0.560. The summed E-state index contributed by atoms with van der Waals surface area (Å²) < 4.78 is 0.879. The number of hydrogen-bond donors (Lipinski definition) is 1. The van der Waals surface area contributed by atoms with Crippen LogP contribution < -0.4 is 5.32 Å². The Morgan fingerprint density at radius 3 is 2.33 bits per heavy atom. The molecule has 2 aromatic rings. The summed E-state index contributed by atoms with van der Waals surface area (Å²) in [5.41, 5.74) is 2.01. The van der Waals surface area contributed by atoms with Gasteiger partial charge in [-0.3, -0.25) is 0 Å². The minimum absolute atomic E-state index is 0.560. The average molecular weight is 365 g/mol. The summed E-state index contributed by atoms with van der Waals surface area (Å²) in [5, 5.41) is 5.07. The summed E-state index contributed by atoms with van der Waals surface area (Å²) in [6.45, 7) is 0.662. The molecular formula is C13H9BrCl3N. The van der Waals surface area contributed by atoms with Crippen LogP contribution in [-0.2, 0) is 6.54 Å². The Labute approximate surface area is 129 Å². The summed E-state index contributed by atoms with van der Waals surface area (Å²) >= 11 is 21.2. The Hall–Kier alpha value is -0.410. The monoisotopic (exact) mass is 363 g/mol. The maximum absolute atomic E-state index is 6.02. The van der Waals surface area contributed by atoms with Gasteiger partial charge in [-0.2, -0.15) is 0 Å². The number of hydrogen-bond acceptors (Lipinski definition) is 1. The van der Waals surface area contributed by atoms with Crippen molar-refractivity contribution < 1.29 is 0 Å². The maximum atomic E-state index is 6.02. The first-order chi connectivity index (χ1) is 8.56. The van der Waals surface area contributed by atoms with Gasteiger partial charge in [0.05, 0.1) is 15.1 Å². The first kappa shape index (κ1) is 14.0. The fourth-order valence-corrected chi connectivity index (χ4v) is 2.21. The summed E-state index contributed by atoms with van der Waals surface area (Å²) in [5.74, 6) is 0. The van der Waals surface area contributed by atoms with Gasteiger partial charge in [-0.05, 0) is 51.8 Å². The van der Waals surface area contributed by atoms with Crippen LogP contribution in [-0.4, -0.2) is 0 Å². The lowest BCUT2D eigenvalue weighted by molar-refractivity contribution is 1.15. The molecule has 0 saturated heterocycles. The Morgan fingerprint density at radius 2 is 1.67 bits per heavy atom. The van der Waals surface area contributed by atoms with Crippen molar-refractivity contribution in [2.75, 3.05) is 5.32 Å². The van der Waals surface area contributed by atoms with Gasteiger partial charge >= 0.3 is 0 Å². The van der Waals surface area contributed by atoms with Gasteiger partial charge in [-0.25, -0.2) is 0 Å². The van der Waals surface area contributed by atoms with E-state index >= 15 is 0 Å². The highest BCUT2D eigenvalue weighted by Gasteiger charge is 2.01. The van der Waals surface area contributed by atoms with Crippen LogP contribution in [0.2, 0.25) is 15.1 Å². The normalized spacial score (nSPS) is 10.4. The van der Waals surface area contributed by atoms with E-state index < -0.39 is 0 Å². The smallest absolute Gasteiger partial charge is 0.0595 e. The van der Waals surface area contributed by atoms with E-state index in [0.29, 0.717) is 21.6 Å². The quantitative estimate of drug-likeness (QED) is 0.701. The largest absolute Gasteiger partial charge is 0.381 e. The predicted molar refractivity (Wildman–Crippen MR) is 82.9 cm³/mol. The molecule has 0 atom stereocenters. The Balaban J connectivity index is 2.06. The number of nitrogens with one attached hydrogen (secondary N) is 1. The van der Waals surface area contributed by atoms with Crippen molar-refractivity contribution in [3.05, 3.63) is 61.5 Å². The molecular weight excluding hydrogens is 356 g/mol. The third-order valence-corrected chi connectivity index (χ3v) is 4.37. The van der Waals surface area contributed by atoms with Gasteiger partial charge in [0, 0.05) is 16.7 Å². The second kappa shape index (κ2) is 6.16. The lowest BCUT2D eigenvalue weighted by atomic mass is 10.2. The summed E-state index contributed by atoms with van der Waals surface area (Å²) in [4.78, 5) is 0. The molecule has 0 aliphatic heterocycles. The molecule has 0 bridgehead atoms. The first-order valence-electron chi connectivity index (χ1n) is 5.19. The lowest BCUT2D eigenvalue weighted by Crippen LogP contribution is -1.99. The average Bonchev–Trinajstić information content (AvgIpc) is 2.35. The van der Waals surface area contributed by atoms with Gasteiger partial charge in [-0.1, -0.05) is 40.9 Å². The molecule has 5 heteroatoms. The van der Waals surface area contributed by atoms with Crippen LogP contribution in [0.3, 0.4) is 0 Å². The molecule has 2 rings (SSSR count). The van der Waals surface area contributed by atoms with E-state index in [1.54, 1.807) is 6.07 Å². The summed E-state index contributed by atoms with van der Waals surface area (Å²) in [6.07, 6.45) is 0. The third-order valence-electron chi connectivity index (χ3n) is 2.40. The van der Waals surface area contributed by atoms with Crippen LogP contribution in [0.4, 0.5) is 5.69 Å². The molecule has 2 aromatic carbocycles. The van der Waals surface area contributed by atoms with Crippen molar-refractivity contribution in [3.8, 4) is 0 Å². The molecule has 0 aliphatic rings. The molecule has 94 valence electrons. The van der Waals surface area contributed by atoms with E-state index in [1.165, 1.54) is 0 Å². The molecule has 0 amide bonds. The predicted octanol–water partition coefficient (Wildman–Crippen LogP) is 6.02. The molecule has 0 saturated carbocycles. The maximum Gasteiger partial charge on any atom is 0.0595 e. The molecule has 0 fully saturated rings. The fraction of sp³-hybridized carbons (Fsp3) is 0.0769. The minimum Gasteiger partial charge on any atom is -0.381 e. The van der Waals surface area contributed by atoms with Crippen LogP contribution in [0.5, 0.6) is 0 Å². The summed E-state index contributed by atoms with van der Waals surface area (Å²) in [7, 11) is 0. The number of halogens is 4.